The van der Waals surface area contributed by atoms with E-state index < -0.39 is 5.69 Å². The van der Waals surface area contributed by atoms with Crippen molar-refractivity contribution < 1.29 is 9.59 Å². The van der Waals surface area contributed by atoms with Crippen LogP contribution in [0.4, 0.5) is 5.82 Å². The molecule has 1 fully saturated rings. The monoisotopic (exact) mass is 505 g/mol. The topological polar surface area (TPSA) is 119 Å². The number of hydrogen-bond donors (Lipinski definition) is 3. The highest BCUT2D eigenvalue weighted by Crippen LogP contribution is 2.25. The molecule has 0 saturated heterocycles. The van der Waals surface area contributed by atoms with E-state index in [0.29, 0.717) is 16.3 Å². The largest absolute Gasteiger partial charge is 0.383 e. The molecule has 1 heterocycles. The van der Waals surface area contributed by atoms with Crippen LogP contribution in [0.3, 0.4) is 0 Å². The maximum absolute atomic E-state index is 12.5. The maximum Gasteiger partial charge on any atom is 0.354 e. The number of nitrogens with two attached hydrogens (primary N) is 1. The SMILES string of the molecule is Cc1cc(/C=C/C(C)c2cc(Cl)cc(-n3ccc(N)nc3=O)c2)ccc1C(=O)NCC(=O)NC1CC1. The molecule has 2 amide bonds. The summed E-state index contributed by atoms with van der Waals surface area (Å²) >= 11 is 6.34. The van der Waals surface area contributed by atoms with Crippen LogP contribution in [0.5, 0.6) is 0 Å². The van der Waals surface area contributed by atoms with E-state index in [9.17, 15) is 14.4 Å². The van der Waals surface area contributed by atoms with Gasteiger partial charge in [0.1, 0.15) is 5.82 Å². The van der Waals surface area contributed by atoms with Crippen molar-refractivity contribution in [1.29, 1.82) is 0 Å². The third kappa shape index (κ3) is 6.40. The molecule has 4 rings (SSSR count). The van der Waals surface area contributed by atoms with Gasteiger partial charge in [0, 0.05) is 22.8 Å². The minimum absolute atomic E-state index is 0.00634. The zero-order valence-electron chi connectivity index (χ0n) is 20.1. The van der Waals surface area contributed by atoms with Gasteiger partial charge in [-0.1, -0.05) is 42.8 Å². The van der Waals surface area contributed by atoms with Crippen molar-refractivity contribution >= 4 is 35.3 Å². The fourth-order valence-electron chi connectivity index (χ4n) is 3.78. The van der Waals surface area contributed by atoms with Crippen molar-refractivity contribution in [1.82, 2.24) is 20.2 Å². The van der Waals surface area contributed by atoms with Crippen LogP contribution in [0, 0.1) is 6.92 Å². The van der Waals surface area contributed by atoms with Gasteiger partial charge >= 0.3 is 5.69 Å². The molecule has 0 spiro atoms. The molecule has 0 aliphatic heterocycles. The Kier molecular flexibility index (Phi) is 7.55. The number of amides is 2. The smallest absolute Gasteiger partial charge is 0.354 e. The number of halogens is 1. The minimum atomic E-state index is -0.477. The molecular formula is C27H28ClN5O3. The van der Waals surface area contributed by atoms with E-state index >= 15 is 0 Å². The number of nitrogen functional groups attached to an aromatic ring is 1. The van der Waals surface area contributed by atoms with Crippen LogP contribution in [0.15, 0.2) is 59.5 Å². The Labute approximate surface area is 214 Å². The molecule has 8 nitrogen and oxygen atoms in total. The third-order valence-corrected chi connectivity index (χ3v) is 6.18. The van der Waals surface area contributed by atoms with Crippen LogP contribution in [-0.4, -0.2) is 34.0 Å². The molecule has 4 N–H and O–H groups in total. The normalized spacial score (nSPS) is 14.0. The van der Waals surface area contributed by atoms with E-state index in [1.54, 1.807) is 24.4 Å². The molecule has 186 valence electrons. The van der Waals surface area contributed by atoms with Crippen LogP contribution < -0.4 is 22.1 Å². The van der Waals surface area contributed by atoms with Gasteiger partial charge in [-0.25, -0.2) is 4.79 Å². The summed E-state index contributed by atoms with van der Waals surface area (Å²) in [5.74, 6) is -0.291. The predicted molar refractivity (Wildman–Crippen MR) is 141 cm³/mol. The van der Waals surface area contributed by atoms with Crippen LogP contribution in [0.2, 0.25) is 5.02 Å². The predicted octanol–water partition coefficient (Wildman–Crippen LogP) is 3.60. The van der Waals surface area contributed by atoms with Crippen LogP contribution in [0.25, 0.3) is 11.8 Å². The molecule has 1 aliphatic rings. The van der Waals surface area contributed by atoms with Gasteiger partial charge in [-0.3, -0.25) is 14.2 Å². The number of benzene rings is 2. The lowest BCUT2D eigenvalue weighted by molar-refractivity contribution is -0.120. The maximum atomic E-state index is 12.5. The summed E-state index contributed by atoms with van der Waals surface area (Å²) in [7, 11) is 0. The fourth-order valence-corrected chi connectivity index (χ4v) is 4.02. The first-order valence-corrected chi connectivity index (χ1v) is 12.1. The summed E-state index contributed by atoms with van der Waals surface area (Å²) in [6.07, 6.45) is 7.58. The number of anilines is 1. The summed E-state index contributed by atoms with van der Waals surface area (Å²) < 4.78 is 1.39. The van der Waals surface area contributed by atoms with Crippen LogP contribution >= 0.6 is 11.6 Å². The summed E-state index contributed by atoms with van der Waals surface area (Å²) in [6, 6.07) is 12.8. The molecule has 9 heteroatoms. The highest BCUT2D eigenvalue weighted by Gasteiger charge is 2.23. The second-order valence-electron chi connectivity index (χ2n) is 8.99. The molecule has 0 radical (unpaired) electrons. The van der Waals surface area contributed by atoms with Crippen molar-refractivity contribution in [2.24, 2.45) is 0 Å². The van der Waals surface area contributed by atoms with E-state index in [1.165, 1.54) is 4.57 Å². The van der Waals surface area contributed by atoms with Gasteiger partial charge in [0.2, 0.25) is 5.91 Å². The molecule has 2 aromatic carbocycles. The summed E-state index contributed by atoms with van der Waals surface area (Å²) in [4.78, 5) is 40.3. The average molecular weight is 506 g/mol. The second kappa shape index (κ2) is 10.8. The van der Waals surface area contributed by atoms with Crippen molar-refractivity contribution in [2.45, 2.75) is 38.6 Å². The molecule has 1 saturated carbocycles. The highest BCUT2D eigenvalue weighted by atomic mass is 35.5. The average Bonchev–Trinajstić information content (AvgIpc) is 3.64. The van der Waals surface area contributed by atoms with Gasteiger partial charge in [0.15, 0.2) is 0 Å². The number of allylic oxidation sites excluding steroid dienone is 1. The Morgan fingerprint density at radius 3 is 2.69 bits per heavy atom. The van der Waals surface area contributed by atoms with Gasteiger partial charge in [0.25, 0.3) is 5.91 Å². The molecule has 1 unspecified atom stereocenters. The molecule has 0 bridgehead atoms. The Morgan fingerprint density at radius 2 is 2.00 bits per heavy atom. The number of carbonyl (C=O) groups is 2. The standard InChI is InChI=1S/C27H28ClN5O3/c1-16(19-12-20(28)14-22(13-19)33-10-9-24(29)32-27(33)36)3-4-18-5-8-23(17(2)11-18)26(35)30-15-25(34)31-21-6-7-21/h3-5,8-14,16,21H,6-7,15H2,1-2H3,(H,30,35)(H,31,34)(H2,29,32,36)/b4-3+. The summed E-state index contributed by atoms with van der Waals surface area (Å²) in [6.45, 7) is 3.85. The Hall–Kier alpha value is -3.91. The molecular weight excluding hydrogens is 478 g/mol. The number of carbonyl (C=O) groups excluding carboxylic acids is 2. The molecule has 36 heavy (non-hydrogen) atoms. The molecule has 1 atom stereocenters. The van der Waals surface area contributed by atoms with Gasteiger partial charge in [-0.05, 0) is 72.7 Å². The number of nitrogens with zero attached hydrogens (tertiary/aromatic N) is 2. The minimum Gasteiger partial charge on any atom is -0.383 e. The first-order valence-electron chi connectivity index (χ1n) is 11.7. The van der Waals surface area contributed by atoms with E-state index in [-0.39, 0.29) is 36.1 Å². The number of hydrogen-bond acceptors (Lipinski definition) is 5. The number of nitrogens with one attached hydrogen (secondary N) is 2. The Bertz CT molecular complexity index is 1390. The van der Waals surface area contributed by atoms with Crippen molar-refractivity contribution in [3.63, 3.8) is 0 Å². The number of rotatable bonds is 8. The third-order valence-electron chi connectivity index (χ3n) is 5.96. The highest BCUT2D eigenvalue weighted by molar-refractivity contribution is 6.30. The van der Waals surface area contributed by atoms with E-state index in [1.807, 2.05) is 50.3 Å². The van der Waals surface area contributed by atoms with Crippen molar-refractivity contribution in [3.8, 4) is 5.69 Å². The van der Waals surface area contributed by atoms with Gasteiger partial charge in [-0.15, -0.1) is 0 Å². The number of aryl methyl sites for hydroxylation is 1. The van der Waals surface area contributed by atoms with Crippen molar-refractivity contribution in [2.75, 3.05) is 12.3 Å². The molecule has 1 aromatic heterocycles. The van der Waals surface area contributed by atoms with Crippen LogP contribution in [-0.2, 0) is 4.79 Å². The lowest BCUT2D eigenvalue weighted by Gasteiger charge is -2.12. The Balaban J connectivity index is 1.44. The van der Waals surface area contributed by atoms with Gasteiger partial charge in [0.05, 0.1) is 12.2 Å². The molecule has 3 aromatic rings. The zero-order chi connectivity index (χ0) is 25.8. The lowest BCUT2D eigenvalue weighted by Crippen LogP contribution is -2.38. The quantitative estimate of drug-likeness (QED) is 0.432. The molecule has 1 aliphatic carbocycles. The second-order valence-corrected chi connectivity index (χ2v) is 9.43. The summed E-state index contributed by atoms with van der Waals surface area (Å²) in [5, 5.41) is 6.03. The van der Waals surface area contributed by atoms with E-state index in [4.69, 9.17) is 17.3 Å². The van der Waals surface area contributed by atoms with Gasteiger partial charge in [-0.2, -0.15) is 4.98 Å². The Morgan fingerprint density at radius 1 is 1.22 bits per heavy atom. The van der Waals surface area contributed by atoms with Crippen molar-refractivity contribution in [3.05, 3.63) is 92.5 Å². The van der Waals surface area contributed by atoms with Gasteiger partial charge < -0.3 is 16.4 Å². The lowest BCUT2D eigenvalue weighted by atomic mass is 9.98. The zero-order valence-corrected chi connectivity index (χ0v) is 20.9. The first-order chi connectivity index (χ1) is 17.2. The van der Waals surface area contributed by atoms with Crippen LogP contribution in [0.1, 0.15) is 52.7 Å². The van der Waals surface area contributed by atoms with E-state index in [0.717, 1.165) is 29.5 Å². The summed E-state index contributed by atoms with van der Waals surface area (Å²) in [5.41, 5.74) is 8.92. The number of aromatic nitrogens is 2. The first kappa shape index (κ1) is 25.2. The van der Waals surface area contributed by atoms with E-state index in [2.05, 4.69) is 15.6 Å². The fraction of sp³-hybridized carbons (Fsp3) is 0.259.